The number of likely N-dealkylation sites (N-methyl/N-ethyl adjacent to an activating group) is 1. The second kappa shape index (κ2) is 8.38. The van der Waals surface area contributed by atoms with Crippen LogP contribution < -0.4 is 0 Å². The van der Waals surface area contributed by atoms with Crippen molar-refractivity contribution in [3.05, 3.63) is 35.9 Å². The molecule has 30 heavy (non-hydrogen) atoms. The molecule has 7 heteroatoms. The van der Waals surface area contributed by atoms with Crippen LogP contribution >= 0.6 is 0 Å². The van der Waals surface area contributed by atoms with Crippen LogP contribution in [0.25, 0.3) is 0 Å². The van der Waals surface area contributed by atoms with Gasteiger partial charge in [0.1, 0.15) is 5.54 Å². The predicted octanol–water partition coefficient (Wildman–Crippen LogP) is 2.17. The van der Waals surface area contributed by atoms with Gasteiger partial charge in [-0.25, -0.2) is 4.79 Å². The van der Waals surface area contributed by atoms with Crippen molar-refractivity contribution < 1.29 is 14.4 Å². The standard InChI is InChI=1S/C23H32N4O3/c1-3-26-21(29)23(27(22(26)30)16-18-8-5-4-6-9-18)11-14-25(15-12-23)20(28)19-10-7-13-24(2)17-19/h4-6,8-9,19H,3,7,10-17H2,1-2H3. The van der Waals surface area contributed by atoms with Gasteiger partial charge in [0.15, 0.2) is 0 Å². The summed E-state index contributed by atoms with van der Waals surface area (Å²) in [5.41, 5.74) is 0.183. The van der Waals surface area contributed by atoms with Crippen LogP contribution in [0.1, 0.15) is 38.2 Å². The summed E-state index contributed by atoms with van der Waals surface area (Å²) in [6.07, 6.45) is 3.00. The van der Waals surface area contributed by atoms with E-state index in [4.69, 9.17) is 0 Å². The zero-order valence-corrected chi connectivity index (χ0v) is 18.0. The highest BCUT2D eigenvalue weighted by atomic mass is 16.2. The molecule has 3 saturated heterocycles. The van der Waals surface area contributed by atoms with Crippen molar-refractivity contribution in [2.75, 3.05) is 39.8 Å². The zero-order valence-electron chi connectivity index (χ0n) is 18.0. The Balaban J connectivity index is 1.51. The van der Waals surface area contributed by atoms with E-state index in [1.807, 2.05) is 42.2 Å². The molecular weight excluding hydrogens is 380 g/mol. The van der Waals surface area contributed by atoms with E-state index in [9.17, 15) is 14.4 Å². The SMILES string of the molecule is CCN1C(=O)N(Cc2ccccc2)C2(CCN(C(=O)C3CCCN(C)C3)CC2)C1=O. The number of rotatable bonds is 4. The highest BCUT2D eigenvalue weighted by Gasteiger charge is 2.57. The van der Waals surface area contributed by atoms with Crippen LogP contribution in [0.4, 0.5) is 4.79 Å². The van der Waals surface area contributed by atoms with Gasteiger partial charge in [-0.05, 0) is 51.8 Å². The second-order valence-corrected chi connectivity index (χ2v) is 8.86. The second-order valence-electron chi connectivity index (χ2n) is 8.86. The lowest BCUT2D eigenvalue weighted by atomic mass is 9.84. The third-order valence-corrected chi connectivity index (χ3v) is 7.00. The van der Waals surface area contributed by atoms with Crippen LogP contribution in [0.2, 0.25) is 0 Å². The Labute approximate surface area is 178 Å². The molecule has 7 nitrogen and oxygen atoms in total. The molecular formula is C23H32N4O3. The van der Waals surface area contributed by atoms with Crippen molar-refractivity contribution in [1.82, 2.24) is 19.6 Å². The molecule has 3 aliphatic rings. The van der Waals surface area contributed by atoms with Crippen molar-refractivity contribution >= 4 is 17.8 Å². The van der Waals surface area contributed by atoms with E-state index in [0.717, 1.165) is 31.5 Å². The van der Waals surface area contributed by atoms with Gasteiger partial charge < -0.3 is 14.7 Å². The number of piperidine rings is 2. The van der Waals surface area contributed by atoms with Crippen molar-refractivity contribution in [1.29, 1.82) is 0 Å². The number of carbonyl (C=O) groups is 3. The molecule has 1 aromatic rings. The summed E-state index contributed by atoms with van der Waals surface area (Å²) in [5, 5.41) is 0. The van der Waals surface area contributed by atoms with Crippen LogP contribution in [0, 0.1) is 5.92 Å². The van der Waals surface area contributed by atoms with Crippen LogP contribution in [-0.4, -0.2) is 82.8 Å². The molecule has 3 aliphatic heterocycles. The molecule has 1 atom stereocenters. The van der Waals surface area contributed by atoms with E-state index in [1.165, 1.54) is 4.90 Å². The monoisotopic (exact) mass is 412 g/mol. The van der Waals surface area contributed by atoms with Crippen molar-refractivity contribution in [2.24, 2.45) is 5.92 Å². The van der Waals surface area contributed by atoms with Crippen LogP contribution in [0.15, 0.2) is 30.3 Å². The molecule has 0 radical (unpaired) electrons. The number of hydrogen-bond donors (Lipinski definition) is 0. The molecule has 1 aromatic carbocycles. The molecule has 3 fully saturated rings. The number of imide groups is 1. The van der Waals surface area contributed by atoms with Gasteiger partial charge in [-0.1, -0.05) is 30.3 Å². The van der Waals surface area contributed by atoms with Gasteiger partial charge in [0.25, 0.3) is 5.91 Å². The zero-order chi connectivity index (χ0) is 21.3. The maximum absolute atomic E-state index is 13.3. The van der Waals surface area contributed by atoms with Crippen molar-refractivity contribution in [2.45, 2.75) is 44.7 Å². The van der Waals surface area contributed by atoms with Crippen LogP contribution in [-0.2, 0) is 16.1 Å². The maximum atomic E-state index is 13.3. The lowest BCUT2D eigenvalue weighted by Crippen LogP contribution is -2.58. The summed E-state index contributed by atoms with van der Waals surface area (Å²) in [6.45, 7) is 5.55. The summed E-state index contributed by atoms with van der Waals surface area (Å²) in [5.74, 6) is 0.150. The summed E-state index contributed by atoms with van der Waals surface area (Å²) >= 11 is 0. The summed E-state index contributed by atoms with van der Waals surface area (Å²) in [4.78, 5) is 46.7. The average Bonchev–Trinajstić information content (AvgIpc) is 2.95. The average molecular weight is 413 g/mol. The van der Waals surface area contributed by atoms with E-state index in [2.05, 4.69) is 11.9 Å². The molecule has 162 valence electrons. The fraction of sp³-hybridized carbons (Fsp3) is 0.609. The topological polar surface area (TPSA) is 64.2 Å². The van der Waals surface area contributed by atoms with E-state index >= 15 is 0 Å². The Morgan fingerprint density at radius 2 is 1.80 bits per heavy atom. The molecule has 1 spiro atoms. The number of amides is 4. The molecule has 4 amide bonds. The van der Waals surface area contributed by atoms with Crippen LogP contribution in [0.5, 0.6) is 0 Å². The Morgan fingerprint density at radius 1 is 1.10 bits per heavy atom. The van der Waals surface area contributed by atoms with Gasteiger partial charge >= 0.3 is 6.03 Å². The summed E-state index contributed by atoms with van der Waals surface area (Å²) in [7, 11) is 2.06. The van der Waals surface area contributed by atoms with Crippen molar-refractivity contribution in [3.8, 4) is 0 Å². The van der Waals surface area contributed by atoms with Gasteiger partial charge in [-0.2, -0.15) is 0 Å². The maximum Gasteiger partial charge on any atom is 0.327 e. The van der Waals surface area contributed by atoms with Gasteiger partial charge in [-0.3, -0.25) is 14.5 Å². The number of urea groups is 1. The number of benzene rings is 1. The highest BCUT2D eigenvalue weighted by Crippen LogP contribution is 2.38. The first-order valence-corrected chi connectivity index (χ1v) is 11.1. The lowest BCUT2D eigenvalue weighted by molar-refractivity contribution is -0.144. The molecule has 0 aliphatic carbocycles. The first-order valence-electron chi connectivity index (χ1n) is 11.1. The molecule has 0 N–H and O–H groups in total. The molecule has 0 bridgehead atoms. The number of likely N-dealkylation sites (tertiary alicyclic amines) is 2. The lowest BCUT2D eigenvalue weighted by Gasteiger charge is -2.43. The molecule has 4 rings (SSSR count). The molecule has 3 heterocycles. The minimum atomic E-state index is -0.830. The predicted molar refractivity (Wildman–Crippen MR) is 114 cm³/mol. The van der Waals surface area contributed by atoms with E-state index in [-0.39, 0.29) is 23.8 Å². The van der Waals surface area contributed by atoms with E-state index in [1.54, 1.807) is 4.90 Å². The third-order valence-electron chi connectivity index (χ3n) is 7.00. The molecule has 0 saturated carbocycles. The fourth-order valence-electron chi connectivity index (χ4n) is 5.25. The van der Waals surface area contributed by atoms with Crippen LogP contribution in [0.3, 0.4) is 0 Å². The minimum Gasteiger partial charge on any atom is -0.342 e. The largest absolute Gasteiger partial charge is 0.342 e. The van der Waals surface area contributed by atoms with Gasteiger partial charge in [0.05, 0.1) is 5.92 Å². The smallest absolute Gasteiger partial charge is 0.327 e. The number of nitrogens with zero attached hydrogens (tertiary/aromatic N) is 4. The van der Waals surface area contributed by atoms with E-state index < -0.39 is 5.54 Å². The van der Waals surface area contributed by atoms with E-state index in [0.29, 0.717) is 39.0 Å². The Bertz CT molecular complexity index is 804. The summed E-state index contributed by atoms with van der Waals surface area (Å²) in [6, 6.07) is 9.60. The Morgan fingerprint density at radius 3 is 2.43 bits per heavy atom. The third kappa shape index (κ3) is 3.60. The van der Waals surface area contributed by atoms with Crippen molar-refractivity contribution in [3.63, 3.8) is 0 Å². The fourth-order valence-corrected chi connectivity index (χ4v) is 5.25. The quantitative estimate of drug-likeness (QED) is 0.711. The van der Waals surface area contributed by atoms with Gasteiger partial charge in [0.2, 0.25) is 5.91 Å². The molecule has 1 unspecified atom stereocenters. The first kappa shape index (κ1) is 20.8. The number of hydrogen-bond acceptors (Lipinski definition) is 4. The highest BCUT2D eigenvalue weighted by molar-refractivity contribution is 6.07. The Hall–Kier alpha value is -2.41. The number of carbonyl (C=O) groups excluding carboxylic acids is 3. The van der Waals surface area contributed by atoms with Gasteiger partial charge in [-0.15, -0.1) is 0 Å². The summed E-state index contributed by atoms with van der Waals surface area (Å²) < 4.78 is 0. The molecule has 0 aromatic heterocycles. The first-order chi connectivity index (χ1) is 14.5. The minimum absolute atomic E-state index is 0.0475. The van der Waals surface area contributed by atoms with Gasteiger partial charge in [0, 0.05) is 32.7 Å². The Kier molecular flexibility index (Phi) is 5.82. The normalized spacial score (nSPS) is 24.7.